The van der Waals surface area contributed by atoms with Gasteiger partial charge in [0.25, 0.3) is 5.22 Å². The number of thioether (sulfide) groups is 1. The van der Waals surface area contributed by atoms with E-state index in [2.05, 4.69) is 4.98 Å². The lowest BCUT2D eigenvalue weighted by atomic mass is 10.3. The molecule has 0 aliphatic heterocycles. The van der Waals surface area contributed by atoms with Crippen molar-refractivity contribution in [2.75, 3.05) is 0 Å². The normalized spacial score (nSPS) is 12.8. The topological polar surface area (TPSA) is 69.1 Å². The van der Waals surface area contributed by atoms with Crippen molar-refractivity contribution in [2.45, 2.75) is 23.8 Å². The Bertz CT molecular complexity index is 248. The van der Waals surface area contributed by atoms with Gasteiger partial charge in [-0.05, 0) is 6.42 Å². The number of nitrogens with zero attached hydrogens (tertiary/aromatic N) is 1. The SMILES string of the molecule is CCC(Sc1ncco1)C(N)=O. The van der Waals surface area contributed by atoms with Gasteiger partial charge in [0.15, 0.2) is 0 Å². The molecule has 2 N–H and O–H groups in total. The third kappa shape index (κ3) is 2.27. The molecule has 5 heteroatoms. The third-order valence-electron chi connectivity index (χ3n) is 1.34. The summed E-state index contributed by atoms with van der Waals surface area (Å²) in [6, 6.07) is 0. The molecule has 12 heavy (non-hydrogen) atoms. The van der Waals surface area contributed by atoms with E-state index in [9.17, 15) is 4.79 Å². The van der Waals surface area contributed by atoms with Crippen LogP contribution in [0.3, 0.4) is 0 Å². The number of hydrogen-bond acceptors (Lipinski definition) is 4. The molecule has 1 unspecified atom stereocenters. The minimum atomic E-state index is -0.333. The lowest BCUT2D eigenvalue weighted by Gasteiger charge is -2.05. The maximum Gasteiger partial charge on any atom is 0.256 e. The van der Waals surface area contributed by atoms with Gasteiger partial charge in [-0.15, -0.1) is 0 Å². The monoisotopic (exact) mass is 186 g/mol. The van der Waals surface area contributed by atoms with Gasteiger partial charge < -0.3 is 10.2 Å². The summed E-state index contributed by atoms with van der Waals surface area (Å²) in [5.74, 6) is -0.333. The number of rotatable bonds is 4. The molecule has 0 aromatic carbocycles. The highest BCUT2D eigenvalue weighted by Gasteiger charge is 2.16. The first-order chi connectivity index (χ1) is 5.74. The number of aromatic nitrogens is 1. The summed E-state index contributed by atoms with van der Waals surface area (Å²) in [6.07, 6.45) is 3.69. The van der Waals surface area contributed by atoms with Crippen molar-refractivity contribution in [1.29, 1.82) is 0 Å². The second kappa shape index (κ2) is 4.15. The molecule has 0 bridgehead atoms. The Hall–Kier alpha value is -0.970. The summed E-state index contributed by atoms with van der Waals surface area (Å²) in [5.41, 5.74) is 5.13. The van der Waals surface area contributed by atoms with Gasteiger partial charge in [-0.2, -0.15) is 0 Å². The average molecular weight is 186 g/mol. The van der Waals surface area contributed by atoms with Crippen molar-refractivity contribution >= 4 is 17.7 Å². The van der Waals surface area contributed by atoms with Crippen molar-refractivity contribution in [1.82, 2.24) is 4.98 Å². The van der Waals surface area contributed by atoms with E-state index >= 15 is 0 Å². The fraction of sp³-hybridized carbons (Fsp3) is 0.429. The molecule has 0 radical (unpaired) electrons. The van der Waals surface area contributed by atoms with Crippen LogP contribution in [0.1, 0.15) is 13.3 Å². The fourth-order valence-corrected chi connectivity index (χ4v) is 1.49. The number of primary amides is 1. The summed E-state index contributed by atoms with van der Waals surface area (Å²) < 4.78 is 4.96. The van der Waals surface area contributed by atoms with Crippen LogP contribution in [-0.4, -0.2) is 16.1 Å². The van der Waals surface area contributed by atoms with Gasteiger partial charge in [0.2, 0.25) is 5.91 Å². The maximum atomic E-state index is 10.8. The summed E-state index contributed by atoms with van der Waals surface area (Å²) in [4.78, 5) is 14.7. The number of amides is 1. The van der Waals surface area contributed by atoms with Gasteiger partial charge in [-0.25, -0.2) is 4.98 Å². The lowest BCUT2D eigenvalue weighted by molar-refractivity contribution is -0.117. The second-order valence-corrected chi connectivity index (χ2v) is 3.37. The molecule has 1 aromatic rings. The van der Waals surface area contributed by atoms with Crippen molar-refractivity contribution in [2.24, 2.45) is 5.73 Å². The van der Waals surface area contributed by atoms with Crippen LogP contribution >= 0.6 is 11.8 Å². The highest BCUT2D eigenvalue weighted by molar-refractivity contribution is 8.00. The molecule has 0 fully saturated rings. The molecule has 0 saturated heterocycles. The Balaban J connectivity index is 2.54. The first kappa shape index (κ1) is 9.12. The van der Waals surface area contributed by atoms with E-state index in [0.29, 0.717) is 11.6 Å². The van der Waals surface area contributed by atoms with E-state index in [4.69, 9.17) is 10.2 Å². The number of carbonyl (C=O) groups excluding carboxylic acids is 1. The van der Waals surface area contributed by atoms with E-state index < -0.39 is 0 Å². The molecule has 1 atom stereocenters. The summed E-state index contributed by atoms with van der Waals surface area (Å²) in [5, 5.41) is 0.240. The molecule has 1 amide bonds. The van der Waals surface area contributed by atoms with Crippen LogP contribution in [0.2, 0.25) is 0 Å². The highest BCUT2D eigenvalue weighted by atomic mass is 32.2. The van der Waals surface area contributed by atoms with Gasteiger partial charge in [0, 0.05) is 0 Å². The lowest BCUT2D eigenvalue weighted by Crippen LogP contribution is -2.24. The van der Waals surface area contributed by atoms with Gasteiger partial charge >= 0.3 is 0 Å². The van der Waals surface area contributed by atoms with Crippen LogP contribution in [0.25, 0.3) is 0 Å². The standard InChI is InChI=1S/C7H10N2O2S/c1-2-5(6(8)10)12-7-9-3-4-11-7/h3-5H,2H2,1H3,(H2,8,10). The molecule has 0 aliphatic carbocycles. The first-order valence-electron chi connectivity index (χ1n) is 3.59. The van der Waals surface area contributed by atoms with E-state index in [0.717, 1.165) is 0 Å². The largest absolute Gasteiger partial charge is 0.440 e. The zero-order chi connectivity index (χ0) is 8.97. The summed E-state index contributed by atoms with van der Waals surface area (Å²) >= 11 is 1.25. The maximum absolute atomic E-state index is 10.8. The summed E-state index contributed by atoms with van der Waals surface area (Å²) in [6.45, 7) is 1.89. The Morgan fingerprint density at radius 1 is 1.92 bits per heavy atom. The van der Waals surface area contributed by atoms with Crippen molar-refractivity contribution in [3.05, 3.63) is 12.5 Å². The number of oxazole rings is 1. The predicted molar refractivity (Wildman–Crippen MR) is 45.6 cm³/mol. The van der Waals surface area contributed by atoms with Crippen LogP contribution in [0.15, 0.2) is 22.1 Å². The van der Waals surface area contributed by atoms with Crippen LogP contribution in [0.5, 0.6) is 0 Å². The van der Waals surface area contributed by atoms with Crippen LogP contribution < -0.4 is 5.73 Å². The van der Waals surface area contributed by atoms with Gasteiger partial charge in [-0.3, -0.25) is 4.79 Å². The minimum Gasteiger partial charge on any atom is -0.440 e. The van der Waals surface area contributed by atoms with Crippen molar-refractivity contribution < 1.29 is 9.21 Å². The average Bonchev–Trinajstić information content (AvgIpc) is 2.51. The molecule has 1 heterocycles. The summed E-state index contributed by atoms with van der Waals surface area (Å²) in [7, 11) is 0. The zero-order valence-electron chi connectivity index (χ0n) is 6.69. The number of hydrogen-bond donors (Lipinski definition) is 1. The predicted octanol–water partition coefficient (Wildman–Crippen LogP) is 1.03. The second-order valence-electron chi connectivity index (χ2n) is 2.22. The highest BCUT2D eigenvalue weighted by Crippen LogP contribution is 2.22. The van der Waals surface area contributed by atoms with E-state index in [1.165, 1.54) is 24.2 Å². The van der Waals surface area contributed by atoms with E-state index in [1.54, 1.807) is 0 Å². The van der Waals surface area contributed by atoms with Gasteiger partial charge in [-0.1, -0.05) is 18.7 Å². The fourth-order valence-electron chi connectivity index (χ4n) is 0.733. The first-order valence-corrected chi connectivity index (χ1v) is 4.47. The Labute approximate surface area is 74.5 Å². The molecule has 0 spiro atoms. The molecule has 0 aliphatic rings. The van der Waals surface area contributed by atoms with Crippen LogP contribution in [0, 0.1) is 0 Å². The molecule has 4 nitrogen and oxygen atoms in total. The Morgan fingerprint density at radius 2 is 2.67 bits per heavy atom. The molecule has 66 valence electrons. The molecular formula is C7H10N2O2S. The molecule has 1 aromatic heterocycles. The molecular weight excluding hydrogens is 176 g/mol. The van der Waals surface area contributed by atoms with Crippen molar-refractivity contribution in [3.63, 3.8) is 0 Å². The van der Waals surface area contributed by atoms with E-state index in [1.807, 2.05) is 6.92 Å². The van der Waals surface area contributed by atoms with Crippen LogP contribution in [-0.2, 0) is 4.79 Å². The Kier molecular flexibility index (Phi) is 3.16. The smallest absolute Gasteiger partial charge is 0.256 e. The molecule has 1 rings (SSSR count). The number of nitrogens with two attached hydrogens (primary N) is 1. The van der Waals surface area contributed by atoms with E-state index in [-0.39, 0.29) is 11.2 Å². The number of carbonyl (C=O) groups is 1. The third-order valence-corrected chi connectivity index (χ3v) is 2.59. The molecule has 0 saturated carbocycles. The Morgan fingerprint density at radius 3 is 3.08 bits per heavy atom. The minimum absolute atomic E-state index is 0.247. The van der Waals surface area contributed by atoms with Gasteiger partial charge in [0.05, 0.1) is 11.4 Å². The zero-order valence-corrected chi connectivity index (χ0v) is 7.50. The van der Waals surface area contributed by atoms with Gasteiger partial charge in [0.1, 0.15) is 6.26 Å². The quantitative estimate of drug-likeness (QED) is 0.713. The van der Waals surface area contributed by atoms with Crippen LogP contribution in [0.4, 0.5) is 0 Å². The van der Waals surface area contributed by atoms with Crippen molar-refractivity contribution in [3.8, 4) is 0 Å².